The lowest BCUT2D eigenvalue weighted by molar-refractivity contribution is 0.1000. The molecule has 0 bridgehead atoms. The maximum atomic E-state index is 11.3. The van der Waals surface area contributed by atoms with Crippen molar-refractivity contribution in [2.24, 2.45) is 10.7 Å². The molecule has 6 nitrogen and oxygen atoms in total. The Labute approximate surface area is 157 Å². The highest BCUT2D eigenvalue weighted by Crippen LogP contribution is 2.16. The smallest absolute Gasteiger partial charge is 0.248 e. The normalized spacial score (nSPS) is 18.5. The minimum Gasteiger partial charge on any atom is -0.366 e. The van der Waals surface area contributed by atoms with Crippen LogP contribution in [0.15, 0.2) is 29.3 Å². The maximum Gasteiger partial charge on any atom is 0.248 e. The van der Waals surface area contributed by atoms with Crippen LogP contribution in [0.25, 0.3) is 0 Å². The van der Waals surface area contributed by atoms with Gasteiger partial charge in [-0.1, -0.05) is 18.6 Å². The molecule has 1 fully saturated rings. The van der Waals surface area contributed by atoms with E-state index in [9.17, 15) is 4.79 Å². The Morgan fingerprint density at radius 3 is 2.92 bits per heavy atom. The lowest BCUT2D eigenvalue weighted by atomic mass is 10.0. The van der Waals surface area contributed by atoms with Gasteiger partial charge in [-0.3, -0.25) is 4.79 Å². The minimum atomic E-state index is -0.409. The zero-order valence-electron chi connectivity index (χ0n) is 16.1. The number of piperidine rings is 1. The maximum absolute atomic E-state index is 11.3. The van der Waals surface area contributed by atoms with Crippen LogP contribution in [0.3, 0.4) is 0 Å². The number of hydrogen-bond donors (Lipinski definition) is 3. The van der Waals surface area contributed by atoms with E-state index in [1.807, 2.05) is 12.1 Å². The molecule has 1 aliphatic rings. The third kappa shape index (κ3) is 6.67. The number of nitrogens with two attached hydrogens (primary N) is 1. The summed E-state index contributed by atoms with van der Waals surface area (Å²) in [5.41, 5.74) is 6.83. The molecule has 4 N–H and O–H groups in total. The average molecular weight is 360 g/mol. The molecule has 0 aromatic heterocycles. The molecule has 1 aromatic rings. The van der Waals surface area contributed by atoms with Crippen LogP contribution in [-0.2, 0) is 6.54 Å². The topological polar surface area (TPSA) is 82.7 Å². The van der Waals surface area contributed by atoms with Gasteiger partial charge in [0, 0.05) is 31.2 Å². The standard InChI is InChI=1S/C20H33N5O/c1-3-22-20(23-11-7-13-25-12-5-4-8-16(25)2)24-15-17-9-6-10-18(14-17)19(21)26/h6,9-10,14,16H,3-5,7-8,11-13,15H2,1-2H3,(H2,21,26)(H2,22,23,24). The lowest BCUT2D eigenvalue weighted by Gasteiger charge is -2.33. The van der Waals surface area contributed by atoms with Gasteiger partial charge in [-0.05, 0) is 57.4 Å². The summed E-state index contributed by atoms with van der Waals surface area (Å²) in [4.78, 5) is 18.5. The van der Waals surface area contributed by atoms with Crippen molar-refractivity contribution in [3.63, 3.8) is 0 Å². The van der Waals surface area contributed by atoms with Crippen LogP contribution < -0.4 is 16.4 Å². The number of amides is 1. The molecule has 26 heavy (non-hydrogen) atoms. The van der Waals surface area contributed by atoms with Crippen molar-refractivity contribution in [2.45, 2.75) is 52.1 Å². The van der Waals surface area contributed by atoms with E-state index >= 15 is 0 Å². The first kappa shape index (κ1) is 20.2. The molecule has 1 heterocycles. The number of likely N-dealkylation sites (tertiary alicyclic amines) is 1. The number of benzene rings is 1. The van der Waals surface area contributed by atoms with Crippen molar-refractivity contribution in [2.75, 3.05) is 26.2 Å². The van der Waals surface area contributed by atoms with E-state index in [1.54, 1.807) is 12.1 Å². The van der Waals surface area contributed by atoms with Crippen LogP contribution in [0.5, 0.6) is 0 Å². The van der Waals surface area contributed by atoms with E-state index in [-0.39, 0.29) is 0 Å². The minimum absolute atomic E-state index is 0.409. The molecule has 1 aromatic carbocycles. The highest BCUT2D eigenvalue weighted by molar-refractivity contribution is 5.92. The summed E-state index contributed by atoms with van der Waals surface area (Å²) in [5.74, 6) is 0.400. The van der Waals surface area contributed by atoms with E-state index in [0.29, 0.717) is 18.2 Å². The molecule has 0 radical (unpaired) electrons. The summed E-state index contributed by atoms with van der Waals surface area (Å²) in [6.45, 7) is 8.98. The van der Waals surface area contributed by atoms with Crippen LogP contribution in [0, 0.1) is 0 Å². The second-order valence-electron chi connectivity index (χ2n) is 6.92. The number of nitrogens with one attached hydrogen (secondary N) is 2. The van der Waals surface area contributed by atoms with Crippen molar-refractivity contribution in [3.8, 4) is 0 Å². The van der Waals surface area contributed by atoms with Gasteiger partial charge in [-0.25, -0.2) is 4.99 Å². The van der Waals surface area contributed by atoms with Gasteiger partial charge in [-0.2, -0.15) is 0 Å². The lowest BCUT2D eigenvalue weighted by Crippen LogP contribution is -2.41. The average Bonchev–Trinajstić information content (AvgIpc) is 2.64. The number of nitrogens with zero attached hydrogens (tertiary/aromatic N) is 2. The molecule has 0 saturated carbocycles. The van der Waals surface area contributed by atoms with Crippen molar-refractivity contribution in [1.29, 1.82) is 0 Å². The molecule has 1 aliphatic heterocycles. The summed E-state index contributed by atoms with van der Waals surface area (Å²) in [7, 11) is 0. The quantitative estimate of drug-likeness (QED) is 0.377. The molecule has 6 heteroatoms. The fourth-order valence-corrected chi connectivity index (χ4v) is 3.31. The monoisotopic (exact) mass is 359 g/mol. The predicted octanol–water partition coefficient (Wildman–Crippen LogP) is 2.11. The summed E-state index contributed by atoms with van der Waals surface area (Å²) in [5, 5.41) is 6.67. The number of primary amides is 1. The van der Waals surface area contributed by atoms with Gasteiger partial charge in [0.05, 0.1) is 6.54 Å². The Bertz CT molecular complexity index is 602. The van der Waals surface area contributed by atoms with Crippen LogP contribution in [0.2, 0.25) is 0 Å². The van der Waals surface area contributed by atoms with E-state index < -0.39 is 5.91 Å². The van der Waals surface area contributed by atoms with Crippen molar-refractivity contribution in [3.05, 3.63) is 35.4 Å². The zero-order valence-corrected chi connectivity index (χ0v) is 16.1. The number of guanidine groups is 1. The number of rotatable bonds is 8. The Morgan fingerprint density at radius 1 is 1.35 bits per heavy atom. The van der Waals surface area contributed by atoms with Crippen molar-refractivity contribution in [1.82, 2.24) is 15.5 Å². The van der Waals surface area contributed by atoms with Gasteiger partial charge < -0.3 is 21.3 Å². The van der Waals surface area contributed by atoms with Crippen LogP contribution in [-0.4, -0.2) is 49.0 Å². The molecule has 144 valence electrons. The van der Waals surface area contributed by atoms with E-state index in [0.717, 1.165) is 37.6 Å². The SMILES string of the molecule is CCNC(=NCc1cccc(C(N)=O)c1)NCCCN1CCCCC1C. The van der Waals surface area contributed by atoms with Crippen LogP contribution in [0.1, 0.15) is 55.5 Å². The fraction of sp³-hybridized carbons (Fsp3) is 0.600. The van der Waals surface area contributed by atoms with E-state index in [1.165, 1.54) is 25.8 Å². The largest absolute Gasteiger partial charge is 0.366 e. The molecule has 0 spiro atoms. The zero-order chi connectivity index (χ0) is 18.8. The first-order valence-electron chi connectivity index (χ1n) is 9.75. The summed E-state index contributed by atoms with van der Waals surface area (Å²) in [6.07, 6.45) is 5.12. The van der Waals surface area contributed by atoms with Gasteiger partial charge in [0.2, 0.25) is 5.91 Å². The second kappa shape index (κ2) is 10.8. The van der Waals surface area contributed by atoms with E-state index in [4.69, 9.17) is 5.73 Å². The fourth-order valence-electron chi connectivity index (χ4n) is 3.31. The Hall–Kier alpha value is -2.08. The number of hydrogen-bond acceptors (Lipinski definition) is 3. The summed E-state index contributed by atoms with van der Waals surface area (Å²) < 4.78 is 0. The highest BCUT2D eigenvalue weighted by Gasteiger charge is 2.17. The van der Waals surface area contributed by atoms with Crippen molar-refractivity contribution < 1.29 is 4.79 Å². The first-order chi connectivity index (χ1) is 12.6. The Kier molecular flexibility index (Phi) is 8.41. The molecule has 1 amide bonds. The molecule has 1 saturated heterocycles. The third-order valence-corrected chi connectivity index (χ3v) is 4.83. The van der Waals surface area contributed by atoms with Gasteiger partial charge in [0.1, 0.15) is 0 Å². The Morgan fingerprint density at radius 2 is 2.19 bits per heavy atom. The first-order valence-corrected chi connectivity index (χ1v) is 9.75. The summed E-state index contributed by atoms with van der Waals surface area (Å²) >= 11 is 0. The van der Waals surface area contributed by atoms with Crippen LogP contribution in [0.4, 0.5) is 0 Å². The van der Waals surface area contributed by atoms with Gasteiger partial charge in [-0.15, -0.1) is 0 Å². The second-order valence-corrected chi connectivity index (χ2v) is 6.92. The van der Waals surface area contributed by atoms with Crippen molar-refractivity contribution >= 4 is 11.9 Å². The molecular formula is C20H33N5O. The molecule has 0 aliphatic carbocycles. The third-order valence-electron chi connectivity index (χ3n) is 4.83. The van der Waals surface area contributed by atoms with Gasteiger partial charge >= 0.3 is 0 Å². The highest BCUT2D eigenvalue weighted by atomic mass is 16.1. The number of carbonyl (C=O) groups excluding carboxylic acids is 1. The Balaban J connectivity index is 1.80. The molecule has 2 rings (SSSR count). The summed E-state index contributed by atoms with van der Waals surface area (Å²) in [6, 6.07) is 8.03. The number of aliphatic imine (C=N–C) groups is 1. The van der Waals surface area contributed by atoms with Gasteiger partial charge in [0.15, 0.2) is 5.96 Å². The number of carbonyl (C=O) groups is 1. The van der Waals surface area contributed by atoms with E-state index in [2.05, 4.69) is 34.4 Å². The molecular weight excluding hydrogens is 326 g/mol. The van der Waals surface area contributed by atoms with Crippen LogP contribution >= 0.6 is 0 Å². The predicted molar refractivity (Wildman–Crippen MR) is 107 cm³/mol. The molecule has 1 atom stereocenters. The molecule has 1 unspecified atom stereocenters. The van der Waals surface area contributed by atoms with Gasteiger partial charge in [0.25, 0.3) is 0 Å².